The number of benzene rings is 1. The van der Waals surface area contributed by atoms with Gasteiger partial charge in [-0.05, 0) is 5.56 Å². The van der Waals surface area contributed by atoms with Gasteiger partial charge >= 0.3 is 0 Å². The number of nitrogens with zero attached hydrogens (tertiary/aromatic N) is 3. The minimum atomic E-state index is -0.462. The van der Waals surface area contributed by atoms with Crippen molar-refractivity contribution in [3.8, 4) is 0 Å². The Kier molecular flexibility index (Phi) is 5.96. The summed E-state index contributed by atoms with van der Waals surface area (Å²) in [7, 11) is 0. The molecule has 1 aliphatic heterocycles. The summed E-state index contributed by atoms with van der Waals surface area (Å²) in [6, 6.07) is 9.49. The molecule has 0 aliphatic carbocycles. The number of amides is 2. The van der Waals surface area contributed by atoms with Crippen LogP contribution in [-0.2, 0) is 22.6 Å². The van der Waals surface area contributed by atoms with Gasteiger partial charge in [0, 0.05) is 39.5 Å². The molecule has 0 saturated carbocycles. The second kappa shape index (κ2) is 8.57. The van der Waals surface area contributed by atoms with Crippen molar-refractivity contribution in [2.24, 2.45) is 0 Å². The van der Waals surface area contributed by atoms with Crippen molar-refractivity contribution < 1.29 is 14.1 Å². The van der Waals surface area contributed by atoms with Gasteiger partial charge in [0.1, 0.15) is 0 Å². The number of piperazine rings is 1. The van der Waals surface area contributed by atoms with Crippen molar-refractivity contribution in [3.05, 3.63) is 47.6 Å². The first kappa shape index (κ1) is 18.1. The van der Waals surface area contributed by atoms with Crippen LogP contribution in [0.5, 0.6) is 0 Å². The minimum Gasteiger partial charge on any atom is -0.356 e. The highest BCUT2D eigenvalue weighted by Gasteiger charge is 2.31. The molecule has 1 aromatic heterocycles. The number of carbonyl (C=O) groups excluding carboxylic acids is 2. The molecule has 0 spiro atoms. The van der Waals surface area contributed by atoms with Crippen LogP contribution in [0.1, 0.15) is 23.7 Å². The van der Waals surface area contributed by atoms with E-state index in [-0.39, 0.29) is 18.2 Å². The zero-order chi connectivity index (χ0) is 18.4. The summed E-state index contributed by atoms with van der Waals surface area (Å²) in [5.41, 5.74) is 1.13. The Hall–Kier alpha value is -2.74. The number of aryl methyl sites for hydroxylation is 1. The van der Waals surface area contributed by atoms with Crippen LogP contribution in [0.25, 0.3) is 0 Å². The third kappa shape index (κ3) is 4.89. The Morgan fingerprint density at radius 2 is 2.19 bits per heavy atom. The molecular formula is C18H23N5O3. The molecule has 1 aromatic carbocycles. The monoisotopic (exact) mass is 357 g/mol. The van der Waals surface area contributed by atoms with Crippen molar-refractivity contribution in [1.29, 1.82) is 0 Å². The van der Waals surface area contributed by atoms with E-state index < -0.39 is 6.04 Å². The van der Waals surface area contributed by atoms with Crippen LogP contribution in [0.3, 0.4) is 0 Å². The van der Waals surface area contributed by atoms with Gasteiger partial charge in [0.25, 0.3) is 0 Å². The fourth-order valence-electron chi connectivity index (χ4n) is 3.00. The number of carbonyl (C=O) groups is 2. The van der Waals surface area contributed by atoms with Crippen LogP contribution in [0, 0.1) is 6.92 Å². The van der Waals surface area contributed by atoms with Crippen LogP contribution in [-0.4, -0.2) is 52.5 Å². The van der Waals surface area contributed by atoms with E-state index in [9.17, 15) is 9.59 Å². The zero-order valence-electron chi connectivity index (χ0n) is 14.8. The highest BCUT2D eigenvalue weighted by atomic mass is 16.5. The second-order valence-electron chi connectivity index (χ2n) is 6.30. The number of aromatic nitrogens is 2. The van der Waals surface area contributed by atoms with E-state index >= 15 is 0 Å². The lowest BCUT2D eigenvalue weighted by Crippen LogP contribution is -2.56. The van der Waals surface area contributed by atoms with Crippen molar-refractivity contribution in [2.45, 2.75) is 32.4 Å². The molecule has 2 N–H and O–H groups in total. The van der Waals surface area contributed by atoms with Crippen LogP contribution >= 0.6 is 0 Å². The number of hydrogen-bond donors (Lipinski definition) is 2. The molecule has 1 fully saturated rings. The Balaban J connectivity index is 1.52. The van der Waals surface area contributed by atoms with E-state index in [2.05, 4.69) is 25.7 Å². The fourth-order valence-corrected chi connectivity index (χ4v) is 3.00. The van der Waals surface area contributed by atoms with E-state index in [1.54, 1.807) is 6.92 Å². The first-order chi connectivity index (χ1) is 12.6. The molecule has 1 aliphatic rings. The SMILES string of the molecule is Cc1nc(CCNC(=O)C[C@@H]2C(=O)NCCN2Cc2ccccc2)no1. The van der Waals surface area contributed by atoms with Crippen LogP contribution < -0.4 is 10.6 Å². The van der Waals surface area contributed by atoms with Crippen molar-refractivity contribution in [1.82, 2.24) is 25.7 Å². The number of nitrogens with one attached hydrogen (secondary N) is 2. The molecule has 2 amide bonds. The molecule has 8 heteroatoms. The molecule has 2 aromatic rings. The third-order valence-electron chi connectivity index (χ3n) is 4.29. The maximum atomic E-state index is 12.3. The summed E-state index contributed by atoms with van der Waals surface area (Å²) in [6.07, 6.45) is 0.623. The number of hydrogen-bond acceptors (Lipinski definition) is 6. The normalized spacial score (nSPS) is 17.7. The quantitative estimate of drug-likeness (QED) is 0.745. The Morgan fingerprint density at radius 3 is 2.92 bits per heavy atom. The maximum absolute atomic E-state index is 12.3. The molecule has 3 rings (SSSR count). The van der Waals surface area contributed by atoms with Crippen LogP contribution in [0.15, 0.2) is 34.9 Å². The highest BCUT2D eigenvalue weighted by Crippen LogP contribution is 2.13. The predicted octanol–water partition coefficient (Wildman–Crippen LogP) is 0.427. The largest absolute Gasteiger partial charge is 0.356 e. The lowest BCUT2D eigenvalue weighted by molar-refractivity contribution is -0.134. The smallest absolute Gasteiger partial charge is 0.237 e. The van der Waals surface area contributed by atoms with E-state index in [0.717, 1.165) is 12.1 Å². The minimum absolute atomic E-state index is 0.101. The molecule has 1 saturated heterocycles. The molecule has 8 nitrogen and oxygen atoms in total. The third-order valence-corrected chi connectivity index (χ3v) is 4.29. The predicted molar refractivity (Wildman–Crippen MR) is 94.0 cm³/mol. The van der Waals surface area contributed by atoms with Gasteiger partial charge < -0.3 is 15.2 Å². The summed E-state index contributed by atoms with van der Waals surface area (Å²) in [5, 5.41) is 9.46. The Morgan fingerprint density at radius 1 is 1.38 bits per heavy atom. The summed E-state index contributed by atoms with van der Waals surface area (Å²) in [5.74, 6) is 0.798. The van der Waals surface area contributed by atoms with Gasteiger partial charge in [-0.15, -0.1) is 0 Å². The summed E-state index contributed by atoms with van der Waals surface area (Å²) < 4.78 is 4.89. The van der Waals surface area contributed by atoms with Gasteiger partial charge in [-0.25, -0.2) is 0 Å². The van der Waals surface area contributed by atoms with E-state index in [0.29, 0.717) is 37.8 Å². The highest BCUT2D eigenvalue weighted by molar-refractivity contribution is 5.88. The second-order valence-corrected chi connectivity index (χ2v) is 6.30. The van der Waals surface area contributed by atoms with Gasteiger partial charge in [-0.1, -0.05) is 35.5 Å². The lowest BCUT2D eigenvalue weighted by atomic mass is 10.1. The van der Waals surface area contributed by atoms with E-state index in [1.165, 1.54) is 0 Å². The molecule has 1 atom stereocenters. The van der Waals surface area contributed by atoms with Crippen LogP contribution in [0.4, 0.5) is 0 Å². The van der Waals surface area contributed by atoms with Crippen LogP contribution in [0.2, 0.25) is 0 Å². The summed E-state index contributed by atoms with van der Waals surface area (Å²) >= 11 is 0. The van der Waals surface area contributed by atoms with Crippen molar-refractivity contribution in [2.75, 3.05) is 19.6 Å². The summed E-state index contributed by atoms with van der Waals surface area (Å²) in [4.78, 5) is 30.7. The van der Waals surface area contributed by atoms with Gasteiger partial charge in [-0.2, -0.15) is 4.98 Å². The number of rotatable bonds is 7. The molecule has 0 radical (unpaired) electrons. The zero-order valence-corrected chi connectivity index (χ0v) is 14.8. The lowest BCUT2D eigenvalue weighted by Gasteiger charge is -2.34. The van der Waals surface area contributed by atoms with Gasteiger partial charge in [0.15, 0.2) is 5.82 Å². The van der Waals surface area contributed by atoms with E-state index in [1.807, 2.05) is 30.3 Å². The molecule has 0 unspecified atom stereocenters. The maximum Gasteiger partial charge on any atom is 0.237 e. The molecule has 2 heterocycles. The molecule has 26 heavy (non-hydrogen) atoms. The topological polar surface area (TPSA) is 100 Å². The molecule has 0 bridgehead atoms. The van der Waals surface area contributed by atoms with Crippen molar-refractivity contribution >= 4 is 11.8 Å². The standard InChI is InChI=1S/C18H23N5O3/c1-13-21-16(22-26-13)7-8-19-17(24)11-15-18(25)20-9-10-23(15)12-14-5-3-2-4-6-14/h2-6,15H,7-12H2,1H3,(H,19,24)(H,20,25)/t15-/m1/s1. The Labute approximate surface area is 151 Å². The average Bonchev–Trinajstić information content (AvgIpc) is 3.04. The molecular weight excluding hydrogens is 334 g/mol. The molecule has 138 valence electrons. The van der Waals surface area contributed by atoms with E-state index in [4.69, 9.17) is 4.52 Å². The van der Waals surface area contributed by atoms with Gasteiger partial charge in [-0.3, -0.25) is 14.5 Å². The Bertz CT molecular complexity index is 746. The average molecular weight is 357 g/mol. The first-order valence-electron chi connectivity index (χ1n) is 8.73. The summed E-state index contributed by atoms with van der Waals surface area (Å²) in [6.45, 7) is 4.10. The van der Waals surface area contributed by atoms with Crippen molar-refractivity contribution in [3.63, 3.8) is 0 Å². The van der Waals surface area contributed by atoms with Gasteiger partial charge in [0.2, 0.25) is 17.7 Å². The van der Waals surface area contributed by atoms with Gasteiger partial charge in [0.05, 0.1) is 12.5 Å². The first-order valence-corrected chi connectivity index (χ1v) is 8.73. The fraction of sp³-hybridized carbons (Fsp3) is 0.444.